The predicted octanol–water partition coefficient (Wildman–Crippen LogP) is 12.3. The Kier molecular flexibility index (Phi) is 7.36. The van der Waals surface area contributed by atoms with E-state index >= 15 is 0 Å². The molecule has 2 aromatic heterocycles. The lowest BCUT2D eigenvalue weighted by molar-refractivity contribution is 0.728. The van der Waals surface area contributed by atoms with Crippen LogP contribution in [-0.4, -0.2) is 19.5 Å². The SMILES string of the molecule is c1ccc(-c2cccc(-c3nc(-c4ccccc4)nc(-c4cccc(C5(c6ccccc6)c6ccccc6-n6c7ccccc7c7cccc5c76)c4)n3)c2)cc1. The van der Waals surface area contributed by atoms with E-state index in [-0.39, 0.29) is 0 Å². The maximum absolute atomic E-state index is 5.24. The van der Waals surface area contributed by atoms with Crippen molar-refractivity contribution in [1.29, 1.82) is 0 Å². The van der Waals surface area contributed by atoms with Gasteiger partial charge in [-0.15, -0.1) is 0 Å². The van der Waals surface area contributed by atoms with E-state index in [2.05, 4.69) is 187 Å². The fraction of sp³-hybridized carbons (Fsp3) is 0.0192. The molecule has 0 spiro atoms. The van der Waals surface area contributed by atoms with E-state index in [1.54, 1.807) is 0 Å². The van der Waals surface area contributed by atoms with Crippen molar-refractivity contribution >= 4 is 21.8 Å². The van der Waals surface area contributed by atoms with E-state index in [0.29, 0.717) is 17.5 Å². The van der Waals surface area contributed by atoms with Crippen molar-refractivity contribution in [2.75, 3.05) is 0 Å². The van der Waals surface area contributed by atoms with Gasteiger partial charge in [0, 0.05) is 27.5 Å². The number of para-hydroxylation sites is 3. The lowest BCUT2D eigenvalue weighted by Crippen LogP contribution is -2.35. The van der Waals surface area contributed by atoms with Crippen LogP contribution in [-0.2, 0) is 5.41 Å². The first-order valence-electron chi connectivity index (χ1n) is 19.0. The molecule has 56 heavy (non-hydrogen) atoms. The highest BCUT2D eigenvalue weighted by Crippen LogP contribution is 2.54. The molecule has 1 aliphatic rings. The molecule has 0 saturated heterocycles. The van der Waals surface area contributed by atoms with Gasteiger partial charge in [0.15, 0.2) is 17.5 Å². The summed E-state index contributed by atoms with van der Waals surface area (Å²) in [7, 11) is 0. The van der Waals surface area contributed by atoms with E-state index in [1.165, 1.54) is 44.2 Å². The molecule has 0 saturated carbocycles. The van der Waals surface area contributed by atoms with E-state index in [4.69, 9.17) is 15.0 Å². The number of aromatic nitrogens is 4. The number of nitrogens with zero attached hydrogens (tertiary/aromatic N) is 4. The smallest absolute Gasteiger partial charge is 0.164 e. The lowest BCUT2D eigenvalue weighted by atomic mass is 9.63. The van der Waals surface area contributed by atoms with Gasteiger partial charge in [0.25, 0.3) is 0 Å². The van der Waals surface area contributed by atoms with Crippen molar-refractivity contribution in [3.05, 3.63) is 229 Å². The zero-order chi connectivity index (χ0) is 37.1. The normalized spacial score (nSPS) is 14.5. The van der Waals surface area contributed by atoms with Crippen LogP contribution in [0.1, 0.15) is 22.3 Å². The van der Waals surface area contributed by atoms with Crippen molar-refractivity contribution in [2.24, 2.45) is 0 Å². The molecule has 11 rings (SSSR count). The third-order valence-corrected chi connectivity index (χ3v) is 11.3. The number of rotatable bonds is 6. The first kappa shape index (κ1) is 32.0. The first-order valence-corrected chi connectivity index (χ1v) is 19.0. The van der Waals surface area contributed by atoms with E-state index < -0.39 is 5.41 Å². The molecular formula is C52H34N4. The Hall–Kier alpha value is -7.43. The highest BCUT2D eigenvalue weighted by Gasteiger charge is 2.45. The summed E-state index contributed by atoms with van der Waals surface area (Å²) in [6, 6.07) is 73.4. The summed E-state index contributed by atoms with van der Waals surface area (Å²) in [5.74, 6) is 1.89. The Morgan fingerprint density at radius 2 is 0.839 bits per heavy atom. The minimum atomic E-state index is -0.639. The van der Waals surface area contributed by atoms with Crippen LogP contribution in [0.2, 0.25) is 0 Å². The van der Waals surface area contributed by atoms with Crippen molar-refractivity contribution in [3.63, 3.8) is 0 Å². The Labute approximate surface area is 325 Å². The summed E-state index contributed by atoms with van der Waals surface area (Å²) in [4.78, 5) is 15.5. The number of hydrogen-bond donors (Lipinski definition) is 0. The topological polar surface area (TPSA) is 43.6 Å². The second kappa shape index (κ2) is 12.9. The fourth-order valence-electron chi connectivity index (χ4n) is 8.89. The van der Waals surface area contributed by atoms with Gasteiger partial charge in [-0.1, -0.05) is 182 Å². The molecule has 0 amide bonds. The highest BCUT2D eigenvalue weighted by atomic mass is 15.0. The Morgan fingerprint density at radius 1 is 0.339 bits per heavy atom. The Balaban J connectivity index is 1.17. The Bertz CT molecular complexity index is 3080. The molecule has 4 heteroatoms. The molecule has 0 fully saturated rings. The van der Waals surface area contributed by atoms with Gasteiger partial charge >= 0.3 is 0 Å². The number of benzene rings is 8. The van der Waals surface area contributed by atoms with Crippen LogP contribution in [0.5, 0.6) is 0 Å². The zero-order valence-electron chi connectivity index (χ0n) is 30.4. The quantitative estimate of drug-likeness (QED) is 0.172. The standard InChI is InChI=1S/C52H34N4/c1-4-17-35(18-5-1)37-21-14-22-38(33-37)50-53-49(36-19-6-2-7-20-36)54-51(55-50)39-23-15-26-41(34-39)52(40-24-8-3-9-25-40)44-29-11-13-32-47(44)56-46-31-12-10-27-42(46)43-28-16-30-45(52)48(43)56/h1-34H. The predicted molar refractivity (Wildman–Crippen MR) is 228 cm³/mol. The second-order valence-electron chi connectivity index (χ2n) is 14.4. The van der Waals surface area contributed by atoms with Gasteiger partial charge in [0.1, 0.15) is 0 Å². The molecule has 1 aliphatic heterocycles. The summed E-state index contributed by atoms with van der Waals surface area (Å²) < 4.78 is 2.47. The second-order valence-corrected chi connectivity index (χ2v) is 14.4. The van der Waals surface area contributed by atoms with Crippen LogP contribution in [0.4, 0.5) is 0 Å². The minimum Gasteiger partial charge on any atom is -0.309 e. The van der Waals surface area contributed by atoms with Gasteiger partial charge in [0.05, 0.1) is 22.1 Å². The molecule has 10 aromatic rings. The molecule has 3 heterocycles. The average Bonchev–Trinajstić information content (AvgIpc) is 3.63. The van der Waals surface area contributed by atoms with Crippen molar-refractivity contribution in [1.82, 2.24) is 19.5 Å². The number of fused-ring (bicyclic) bond motifs is 5. The van der Waals surface area contributed by atoms with Gasteiger partial charge in [-0.3, -0.25) is 0 Å². The third-order valence-electron chi connectivity index (χ3n) is 11.3. The third kappa shape index (κ3) is 4.89. The maximum Gasteiger partial charge on any atom is 0.164 e. The van der Waals surface area contributed by atoms with Crippen molar-refractivity contribution in [3.8, 4) is 51.0 Å². The van der Waals surface area contributed by atoms with Gasteiger partial charge in [0.2, 0.25) is 0 Å². The minimum absolute atomic E-state index is 0.625. The Morgan fingerprint density at radius 3 is 1.61 bits per heavy atom. The van der Waals surface area contributed by atoms with Crippen molar-refractivity contribution in [2.45, 2.75) is 5.41 Å². The molecule has 0 N–H and O–H groups in total. The summed E-state index contributed by atoms with van der Waals surface area (Å²) in [5, 5.41) is 2.50. The van der Waals surface area contributed by atoms with Gasteiger partial charge in [-0.2, -0.15) is 0 Å². The fourth-order valence-corrected chi connectivity index (χ4v) is 8.89. The number of hydrogen-bond acceptors (Lipinski definition) is 3. The summed E-state index contributed by atoms with van der Waals surface area (Å²) >= 11 is 0. The van der Waals surface area contributed by atoms with Crippen LogP contribution >= 0.6 is 0 Å². The summed E-state index contributed by atoms with van der Waals surface area (Å²) in [6.07, 6.45) is 0. The summed E-state index contributed by atoms with van der Waals surface area (Å²) in [5.41, 5.74) is 12.9. The molecular weight excluding hydrogens is 681 g/mol. The van der Waals surface area contributed by atoms with Crippen LogP contribution in [0.3, 0.4) is 0 Å². The molecule has 0 radical (unpaired) electrons. The van der Waals surface area contributed by atoms with Gasteiger partial charge in [-0.25, -0.2) is 15.0 Å². The van der Waals surface area contributed by atoms with Crippen LogP contribution in [0, 0.1) is 0 Å². The van der Waals surface area contributed by atoms with Crippen LogP contribution in [0.25, 0.3) is 72.8 Å². The maximum atomic E-state index is 5.24. The van der Waals surface area contributed by atoms with E-state index in [9.17, 15) is 0 Å². The molecule has 1 unspecified atom stereocenters. The molecule has 0 bridgehead atoms. The molecule has 1 atom stereocenters. The first-order chi connectivity index (χ1) is 27.8. The van der Waals surface area contributed by atoms with Gasteiger partial charge in [-0.05, 0) is 57.6 Å². The molecule has 0 aliphatic carbocycles. The van der Waals surface area contributed by atoms with Crippen LogP contribution < -0.4 is 0 Å². The van der Waals surface area contributed by atoms with E-state index in [0.717, 1.165) is 33.4 Å². The monoisotopic (exact) mass is 714 g/mol. The van der Waals surface area contributed by atoms with Gasteiger partial charge < -0.3 is 4.57 Å². The van der Waals surface area contributed by atoms with Crippen LogP contribution in [0.15, 0.2) is 206 Å². The average molecular weight is 715 g/mol. The van der Waals surface area contributed by atoms with Crippen molar-refractivity contribution < 1.29 is 0 Å². The zero-order valence-corrected chi connectivity index (χ0v) is 30.4. The van der Waals surface area contributed by atoms with E-state index in [1.807, 2.05) is 24.3 Å². The molecule has 262 valence electrons. The summed E-state index contributed by atoms with van der Waals surface area (Å²) in [6.45, 7) is 0. The highest BCUT2D eigenvalue weighted by molar-refractivity contribution is 6.12. The molecule has 4 nitrogen and oxygen atoms in total. The lowest BCUT2D eigenvalue weighted by Gasteiger charge is -2.41. The largest absolute Gasteiger partial charge is 0.309 e. The molecule has 8 aromatic carbocycles.